The van der Waals surface area contributed by atoms with Crippen molar-refractivity contribution in [3.05, 3.63) is 22.7 Å². The number of nitrogens with two attached hydrogens (primary N) is 1. The molecule has 82 valence electrons. The van der Waals surface area contributed by atoms with Crippen LogP contribution in [0.15, 0.2) is 12.1 Å². The molecule has 0 radical (unpaired) electrons. The maximum atomic E-state index is 11.4. The lowest BCUT2D eigenvalue weighted by Gasteiger charge is -2.10. The Morgan fingerprint density at radius 3 is 2.73 bits per heavy atom. The van der Waals surface area contributed by atoms with Crippen LogP contribution < -0.4 is 16.4 Å². The molecular formula is C10H14ClN3O. The summed E-state index contributed by atoms with van der Waals surface area (Å²) in [6.07, 6.45) is 0. The summed E-state index contributed by atoms with van der Waals surface area (Å²) in [6.45, 7) is 2.71. The minimum absolute atomic E-state index is 0.241. The van der Waals surface area contributed by atoms with Gasteiger partial charge in [-0.2, -0.15) is 0 Å². The molecule has 1 amide bonds. The summed E-state index contributed by atoms with van der Waals surface area (Å²) in [6, 6.07) is 3.23. The molecule has 15 heavy (non-hydrogen) atoms. The van der Waals surface area contributed by atoms with Crippen LogP contribution in [0.4, 0.5) is 11.4 Å². The number of carbonyl (C=O) groups excluding carboxylic acids is 1. The zero-order valence-electron chi connectivity index (χ0n) is 8.73. The number of nitrogens with one attached hydrogen (secondary N) is 2. The molecular weight excluding hydrogens is 214 g/mol. The Morgan fingerprint density at radius 2 is 2.20 bits per heavy atom. The molecule has 1 aromatic rings. The molecule has 5 heteroatoms. The van der Waals surface area contributed by atoms with Gasteiger partial charge in [-0.1, -0.05) is 11.6 Å². The second-order valence-electron chi connectivity index (χ2n) is 3.03. The predicted molar refractivity (Wildman–Crippen MR) is 63.4 cm³/mol. The molecule has 0 atom stereocenters. The van der Waals surface area contributed by atoms with Gasteiger partial charge in [0.2, 0.25) is 0 Å². The smallest absolute Gasteiger partial charge is 0.252 e. The molecule has 0 saturated heterocycles. The average Bonchev–Trinajstić information content (AvgIpc) is 2.22. The van der Waals surface area contributed by atoms with Gasteiger partial charge in [0.25, 0.3) is 5.91 Å². The number of benzene rings is 1. The standard InChI is InChI=1S/C10H14ClN3O/c1-3-14-9-5-7(11)6(4-8(9)12)10(15)13-2/h4-5,14H,3,12H2,1-2H3,(H,13,15). The van der Waals surface area contributed by atoms with Gasteiger partial charge in [0, 0.05) is 13.6 Å². The SMILES string of the molecule is CCNc1cc(Cl)c(C(=O)NC)cc1N. The van der Waals surface area contributed by atoms with E-state index < -0.39 is 0 Å². The van der Waals surface area contributed by atoms with Gasteiger partial charge in [0.15, 0.2) is 0 Å². The van der Waals surface area contributed by atoms with Crippen LogP contribution in [0.3, 0.4) is 0 Å². The number of hydrogen-bond acceptors (Lipinski definition) is 3. The molecule has 0 aromatic heterocycles. The lowest BCUT2D eigenvalue weighted by molar-refractivity contribution is 0.0963. The van der Waals surface area contributed by atoms with E-state index in [9.17, 15) is 4.79 Å². The van der Waals surface area contributed by atoms with Crippen LogP contribution >= 0.6 is 11.6 Å². The summed E-state index contributed by atoms with van der Waals surface area (Å²) in [5, 5.41) is 5.95. The van der Waals surface area contributed by atoms with Crippen LogP contribution in [0.5, 0.6) is 0 Å². The van der Waals surface area contributed by atoms with Crippen LogP contribution in [0.1, 0.15) is 17.3 Å². The fourth-order valence-electron chi connectivity index (χ4n) is 1.24. The van der Waals surface area contributed by atoms with Crippen molar-refractivity contribution in [1.82, 2.24) is 5.32 Å². The van der Waals surface area contributed by atoms with Crippen LogP contribution in [0, 0.1) is 0 Å². The van der Waals surface area contributed by atoms with Gasteiger partial charge in [-0.05, 0) is 19.1 Å². The van der Waals surface area contributed by atoms with Crippen molar-refractivity contribution in [2.75, 3.05) is 24.6 Å². The third-order valence-electron chi connectivity index (χ3n) is 1.98. The molecule has 0 saturated carbocycles. The largest absolute Gasteiger partial charge is 0.397 e. The Kier molecular flexibility index (Phi) is 3.80. The number of carbonyl (C=O) groups is 1. The van der Waals surface area contributed by atoms with E-state index in [1.165, 1.54) is 0 Å². The Balaban J connectivity index is 3.13. The van der Waals surface area contributed by atoms with Gasteiger partial charge in [0.05, 0.1) is 22.0 Å². The van der Waals surface area contributed by atoms with Crippen LogP contribution in [-0.2, 0) is 0 Å². The highest BCUT2D eigenvalue weighted by Crippen LogP contribution is 2.27. The summed E-state index contributed by atoms with van der Waals surface area (Å²) in [7, 11) is 1.55. The number of nitrogen functional groups attached to an aromatic ring is 1. The lowest BCUT2D eigenvalue weighted by Crippen LogP contribution is -2.18. The molecule has 0 bridgehead atoms. The van der Waals surface area contributed by atoms with Gasteiger partial charge in [-0.3, -0.25) is 4.79 Å². The molecule has 1 aromatic carbocycles. The summed E-state index contributed by atoms with van der Waals surface area (Å²) < 4.78 is 0. The van der Waals surface area contributed by atoms with Crippen molar-refractivity contribution >= 4 is 28.9 Å². The summed E-state index contributed by atoms with van der Waals surface area (Å²) in [5.41, 5.74) is 7.41. The first-order chi connectivity index (χ1) is 7.10. The fourth-order valence-corrected chi connectivity index (χ4v) is 1.49. The van der Waals surface area contributed by atoms with Crippen LogP contribution in [0.2, 0.25) is 5.02 Å². The average molecular weight is 228 g/mol. The predicted octanol–water partition coefficient (Wildman–Crippen LogP) is 1.71. The minimum atomic E-state index is -0.241. The molecule has 1 rings (SSSR count). The van der Waals surface area contributed by atoms with E-state index in [0.29, 0.717) is 16.3 Å². The minimum Gasteiger partial charge on any atom is -0.397 e. The zero-order chi connectivity index (χ0) is 11.4. The third-order valence-corrected chi connectivity index (χ3v) is 2.29. The number of halogens is 1. The topological polar surface area (TPSA) is 67.2 Å². The summed E-state index contributed by atoms with van der Waals surface area (Å²) >= 11 is 5.95. The monoisotopic (exact) mass is 227 g/mol. The van der Waals surface area contributed by atoms with E-state index in [1.807, 2.05) is 6.92 Å². The van der Waals surface area contributed by atoms with E-state index >= 15 is 0 Å². The molecule has 0 spiro atoms. The van der Waals surface area contributed by atoms with Crippen molar-refractivity contribution in [2.45, 2.75) is 6.92 Å². The van der Waals surface area contributed by atoms with Crippen molar-refractivity contribution in [3.8, 4) is 0 Å². The molecule has 0 aliphatic rings. The molecule has 0 heterocycles. The Morgan fingerprint density at radius 1 is 1.53 bits per heavy atom. The highest BCUT2D eigenvalue weighted by molar-refractivity contribution is 6.34. The maximum Gasteiger partial charge on any atom is 0.252 e. The van der Waals surface area contributed by atoms with Crippen molar-refractivity contribution in [1.29, 1.82) is 0 Å². The Hall–Kier alpha value is -1.42. The van der Waals surface area contributed by atoms with Crippen molar-refractivity contribution < 1.29 is 4.79 Å². The van der Waals surface area contributed by atoms with E-state index in [0.717, 1.165) is 12.2 Å². The number of rotatable bonds is 3. The second kappa shape index (κ2) is 4.89. The first kappa shape index (κ1) is 11.7. The van der Waals surface area contributed by atoms with Crippen molar-refractivity contribution in [3.63, 3.8) is 0 Å². The second-order valence-corrected chi connectivity index (χ2v) is 3.44. The number of amides is 1. The number of hydrogen-bond donors (Lipinski definition) is 3. The first-order valence-electron chi connectivity index (χ1n) is 4.65. The maximum absolute atomic E-state index is 11.4. The summed E-state index contributed by atoms with van der Waals surface area (Å²) in [5.74, 6) is -0.241. The van der Waals surface area contributed by atoms with Gasteiger partial charge in [-0.25, -0.2) is 0 Å². The summed E-state index contributed by atoms with van der Waals surface area (Å²) in [4.78, 5) is 11.4. The number of anilines is 2. The Labute approximate surface area is 93.8 Å². The normalized spacial score (nSPS) is 9.80. The lowest BCUT2D eigenvalue weighted by atomic mass is 10.1. The van der Waals surface area contributed by atoms with E-state index in [1.54, 1.807) is 19.2 Å². The quantitative estimate of drug-likeness (QED) is 0.689. The van der Waals surface area contributed by atoms with Gasteiger partial charge in [-0.15, -0.1) is 0 Å². The van der Waals surface area contributed by atoms with E-state index in [4.69, 9.17) is 17.3 Å². The molecule has 0 aliphatic carbocycles. The molecule has 4 N–H and O–H groups in total. The molecule has 4 nitrogen and oxygen atoms in total. The van der Waals surface area contributed by atoms with Crippen LogP contribution in [0.25, 0.3) is 0 Å². The van der Waals surface area contributed by atoms with Gasteiger partial charge in [0.1, 0.15) is 0 Å². The van der Waals surface area contributed by atoms with Gasteiger partial charge < -0.3 is 16.4 Å². The molecule has 0 aliphatic heterocycles. The Bertz CT molecular complexity index is 379. The van der Waals surface area contributed by atoms with Gasteiger partial charge >= 0.3 is 0 Å². The third kappa shape index (κ3) is 2.53. The first-order valence-corrected chi connectivity index (χ1v) is 5.03. The zero-order valence-corrected chi connectivity index (χ0v) is 9.48. The fraction of sp³-hybridized carbons (Fsp3) is 0.300. The van der Waals surface area contributed by atoms with Crippen LogP contribution in [-0.4, -0.2) is 19.5 Å². The van der Waals surface area contributed by atoms with Crippen molar-refractivity contribution in [2.24, 2.45) is 0 Å². The van der Waals surface area contributed by atoms with E-state index in [-0.39, 0.29) is 5.91 Å². The molecule has 0 fully saturated rings. The van der Waals surface area contributed by atoms with E-state index in [2.05, 4.69) is 10.6 Å². The molecule has 0 unspecified atom stereocenters. The highest BCUT2D eigenvalue weighted by atomic mass is 35.5. The highest BCUT2D eigenvalue weighted by Gasteiger charge is 2.11.